The minimum atomic E-state index is -3.58. The SMILES string of the molecule is CC(C)(C)c1ccc(N(CC(=O)NCc2cccnc2)S(C)(=O)=O)cc1. The molecule has 1 heterocycles. The van der Waals surface area contributed by atoms with Crippen molar-refractivity contribution in [2.45, 2.75) is 32.7 Å². The molecule has 2 aromatic rings. The zero-order valence-electron chi connectivity index (χ0n) is 15.6. The molecular formula is C19H25N3O3S. The van der Waals surface area contributed by atoms with E-state index in [0.29, 0.717) is 12.2 Å². The lowest BCUT2D eigenvalue weighted by Crippen LogP contribution is -2.40. The van der Waals surface area contributed by atoms with E-state index in [1.54, 1.807) is 30.6 Å². The number of anilines is 1. The largest absolute Gasteiger partial charge is 0.350 e. The molecule has 0 radical (unpaired) electrons. The monoisotopic (exact) mass is 375 g/mol. The number of aromatic nitrogens is 1. The predicted molar refractivity (Wildman–Crippen MR) is 103 cm³/mol. The number of sulfonamides is 1. The second kappa shape index (κ2) is 7.86. The second-order valence-electron chi connectivity index (χ2n) is 7.20. The molecule has 0 spiro atoms. The van der Waals surface area contributed by atoms with Crippen LogP contribution in [0.3, 0.4) is 0 Å². The Bertz CT molecular complexity index is 842. The highest BCUT2D eigenvalue weighted by Gasteiger charge is 2.21. The number of rotatable bonds is 6. The summed E-state index contributed by atoms with van der Waals surface area (Å²) in [6.07, 6.45) is 4.40. The Morgan fingerprint density at radius 2 is 1.81 bits per heavy atom. The average molecular weight is 375 g/mol. The third-order valence-corrected chi connectivity index (χ3v) is 5.06. The van der Waals surface area contributed by atoms with Crippen LogP contribution in [0.4, 0.5) is 5.69 Å². The van der Waals surface area contributed by atoms with Gasteiger partial charge in [0.1, 0.15) is 6.54 Å². The molecule has 6 nitrogen and oxygen atoms in total. The first-order valence-corrected chi connectivity index (χ1v) is 10.2. The number of hydrogen-bond donors (Lipinski definition) is 1. The van der Waals surface area contributed by atoms with Crippen LogP contribution < -0.4 is 9.62 Å². The van der Waals surface area contributed by atoms with Gasteiger partial charge in [-0.15, -0.1) is 0 Å². The van der Waals surface area contributed by atoms with Crippen LogP contribution in [0.1, 0.15) is 31.9 Å². The molecule has 1 N–H and O–H groups in total. The van der Waals surface area contributed by atoms with Gasteiger partial charge in [-0.3, -0.25) is 14.1 Å². The number of benzene rings is 1. The van der Waals surface area contributed by atoms with Crippen LogP contribution in [-0.2, 0) is 26.8 Å². The Morgan fingerprint density at radius 1 is 1.15 bits per heavy atom. The minimum absolute atomic E-state index is 0.0322. The lowest BCUT2D eigenvalue weighted by molar-refractivity contribution is -0.119. The molecule has 1 aromatic carbocycles. The molecule has 0 aliphatic carbocycles. The van der Waals surface area contributed by atoms with E-state index < -0.39 is 10.0 Å². The molecule has 0 aliphatic heterocycles. The van der Waals surface area contributed by atoms with Crippen molar-refractivity contribution in [2.24, 2.45) is 0 Å². The topological polar surface area (TPSA) is 79.4 Å². The number of pyridine rings is 1. The van der Waals surface area contributed by atoms with Gasteiger partial charge in [-0.1, -0.05) is 39.0 Å². The Labute approximate surface area is 155 Å². The summed E-state index contributed by atoms with van der Waals surface area (Å²) >= 11 is 0. The van der Waals surface area contributed by atoms with E-state index in [-0.39, 0.29) is 17.9 Å². The maximum atomic E-state index is 12.2. The molecule has 140 valence electrons. The number of hydrogen-bond acceptors (Lipinski definition) is 4. The smallest absolute Gasteiger partial charge is 0.241 e. The number of nitrogens with one attached hydrogen (secondary N) is 1. The van der Waals surface area contributed by atoms with E-state index in [1.165, 1.54) is 0 Å². The maximum absolute atomic E-state index is 12.2. The Balaban J connectivity index is 2.11. The van der Waals surface area contributed by atoms with Gasteiger partial charge in [0.2, 0.25) is 15.9 Å². The van der Waals surface area contributed by atoms with Crippen molar-refractivity contribution in [1.29, 1.82) is 0 Å². The van der Waals surface area contributed by atoms with Gasteiger partial charge in [0, 0.05) is 18.9 Å². The van der Waals surface area contributed by atoms with Crippen LogP contribution in [0.2, 0.25) is 0 Å². The van der Waals surface area contributed by atoms with E-state index in [1.807, 2.05) is 18.2 Å². The summed E-state index contributed by atoms with van der Waals surface area (Å²) in [5.74, 6) is -0.376. The normalized spacial score (nSPS) is 11.8. The van der Waals surface area contributed by atoms with Gasteiger partial charge in [-0.05, 0) is 34.7 Å². The maximum Gasteiger partial charge on any atom is 0.241 e. The molecule has 0 saturated carbocycles. The Morgan fingerprint density at radius 3 is 2.31 bits per heavy atom. The predicted octanol–water partition coefficient (Wildman–Crippen LogP) is 2.46. The van der Waals surface area contributed by atoms with Crippen LogP contribution in [-0.4, -0.2) is 32.1 Å². The molecular weight excluding hydrogens is 350 g/mol. The standard InChI is InChI=1S/C19H25N3O3S/c1-19(2,3)16-7-9-17(10-8-16)22(26(4,24)25)14-18(23)21-13-15-6-5-11-20-12-15/h5-12H,13-14H2,1-4H3,(H,21,23). The Hall–Kier alpha value is -2.41. The molecule has 0 saturated heterocycles. The van der Waals surface area contributed by atoms with Crippen molar-refractivity contribution in [3.05, 3.63) is 59.9 Å². The number of carbonyl (C=O) groups is 1. The van der Waals surface area contributed by atoms with E-state index in [2.05, 4.69) is 31.1 Å². The van der Waals surface area contributed by atoms with Crippen molar-refractivity contribution < 1.29 is 13.2 Å². The minimum Gasteiger partial charge on any atom is -0.350 e. The van der Waals surface area contributed by atoms with Gasteiger partial charge < -0.3 is 5.32 Å². The number of nitrogens with zero attached hydrogens (tertiary/aromatic N) is 2. The van der Waals surface area contributed by atoms with Gasteiger partial charge in [0.25, 0.3) is 0 Å². The fourth-order valence-corrected chi connectivity index (χ4v) is 3.27. The molecule has 1 amide bonds. The summed E-state index contributed by atoms with van der Waals surface area (Å²) in [5, 5.41) is 2.72. The first-order valence-electron chi connectivity index (χ1n) is 8.31. The average Bonchev–Trinajstić information content (AvgIpc) is 2.57. The lowest BCUT2D eigenvalue weighted by atomic mass is 9.87. The summed E-state index contributed by atoms with van der Waals surface area (Å²) in [4.78, 5) is 16.2. The Kier molecular flexibility index (Phi) is 6.02. The van der Waals surface area contributed by atoms with Crippen molar-refractivity contribution >= 4 is 21.6 Å². The van der Waals surface area contributed by atoms with Gasteiger partial charge >= 0.3 is 0 Å². The van der Waals surface area contributed by atoms with Crippen LogP contribution in [0.15, 0.2) is 48.8 Å². The van der Waals surface area contributed by atoms with Crippen LogP contribution in [0.25, 0.3) is 0 Å². The van der Waals surface area contributed by atoms with Gasteiger partial charge in [-0.25, -0.2) is 8.42 Å². The summed E-state index contributed by atoms with van der Waals surface area (Å²) < 4.78 is 25.4. The van der Waals surface area contributed by atoms with Crippen molar-refractivity contribution in [2.75, 3.05) is 17.1 Å². The zero-order chi connectivity index (χ0) is 19.4. The molecule has 7 heteroatoms. The van der Waals surface area contributed by atoms with E-state index in [4.69, 9.17) is 0 Å². The fourth-order valence-electron chi connectivity index (χ4n) is 2.42. The van der Waals surface area contributed by atoms with Crippen LogP contribution >= 0.6 is 0 Å². The van der Waals surface area contributed by atoms with Gasteiger partial charge in [0.15, 0.2) is 0 Å². The van der Waals surface area contributed by atoms with Gasteiger partial charge in [0.05, 0.1) is 11.9 Å². The highest BCUT2D eigenvalue weighted by atomic mass is 32.2. The highest BCUT2D eigenvalue weighted by molar-refractivity contribution is 7.92. The third kappa shape index (κ3) is 5.56. The first-order chi connectivity index (χ1) is 12.1. The fraction of sp³-hybridized carbons (Fsp3) is 0.368. The van der Waals surface area contributed by atoms with Crippen molar-refractivity contribution in [3.8, 4) is 0 Å². The quantitative estimate of drug-likeness (QED) is 0.841. The summed E-state index contributed by atoms with van der Waals surface area (Å²) in [6, 6.07) is 10.9. The zero-order valence-corrected chi connectivity index (χ0v) is 16.4. The molecule has 0 aliphatic rings. The summed E-state index contributed by atoms with van der Waals surface area (Å²) in [6.45, 7) is 6.29. The van der Waals surface area contributed by atoms with E-state index in [9.17, 15) is 13.2 Å². The molecule has 1 aromatic heterocycles. The number of carbonyl (C=O) groups excluding carboxylic acids is 1. The first kappa shape index (κ1) is 19.9. The van der Waals surface area contributed by atoms with Crippen molar-refractivity contribution in [3.63, 3.8) is 0 Å². The molecule has 26 heavy (non-hydrogen) atoms. The van der Waals surface area contributed by atoms with E-state index >= 15 is 0 Å². The second-order valence-corrected chi connectivity index (χ2v) is 9.11. The molecule has 0 unspecified atom stereocenters. The summed E-state index contributed by atoms with van der Waals surface area (Å²) in [5.41, 5.74) is 2.38. The lowest BCUT2D eigenvalue weighted by Gasteiger charge is -2.24. The summed E-state index contributed by atoms with van der Waals surface area (Å²) in [7, 11) is -3.58. The van der Waals surface area contributed by atoms with Crippen LogP contribution in [0, 0.1) is 0 Å². The van der Waals surface area contributed by atoms with Gasteiger partial charge in [-0.2, -0.15) is 0 Å². The highest BCUT2D eigenvalue weighted by Crippen LogP contribution is 2.25. The molecule has 0 atom stereocenters. The molecule has 0 bridgehead atoms. The third-order valence-electron chi connectivity index (χ3n) is 3.92. The van der Waals surface area contributed by atoms with Crippen molar-refractivity contribution in [1.82, 2.24) is 10.3 Å². The van der Waals surface area contributed by atoms with Crippen LogP contribution in [0.5, 0.6) is 0 Å². The molecule has 2 rings (SSSR count). The number of amides is 1. The van der Waals surface area contributed by atoms with E-state index in [0.717, 1.165) is 21.7 Å². The molecule has 0 fully saturated rings.